The van der Waals surface area contributed by atoms with Crippen LogP contribution < -0.4 is 10.6 Å². The van der Waals surface area contributed by atoms with Gasteiger partial charge >= 0.3 is 0 Å². The zero-order valence-corrected chi connectivity index (χ0v) is 12.3. The number of benzene rings is 1. The van der Waals surface area contributed by atoms with Crippen molar-refractivity contribution in [2.45, 2.75) is 32.4 Å². The van der Waals surface area contributed by atoms with Gasteiger partial charge in [0.25, 0.3) is 5.91 Å². The molecule has 1 aliphatic carbocycles. The number of hydrogen-bond donors (Lipinski definition) is 2. The van der Waals surface area contributed by atoms with Crippen molar-refractivity contribution in [3.05, 3.63) is 29.6 Å². The number of anilines is 1. The third-order valence-electron chi connectivity index (χ3n) is 4.28. The van der Waals surface area contributed by atoms with E-state index in [4.69, 9.17) is 4.74 Å². The minimum Gasteiger partial charge on any atom is -0.385 e. The van der Waals surface area contributed by atoms with Crippen molar-refractivity contribution in [1.82, 2.24) is 5.32 Å². The van der Waals surface area contributed by atoms with Crippen LogP contribution in [-0.4, -0.2) is 32.2 Å². The first-order valence-corrected chi connectivity index (χ1v) is 6.71. The van der Waals surface area contributed by atoms with Gasteiger partial charge in [-0.15, -0.1) is 0 Å². The van der Waals surface area contributed by atoms with E-state index in [2.05, 4.69) is 24.5 Å². The highest BCUT2D eigenvalue weighted by atomic mass is 19.1. The number of rotatable bonds is 4. The lowest BCUT2D eigenvalue weighted by molar-refractivity contribution is -0.0942. The molecule has 0 saturated heterocycles. The average molecular weight is 280 g/mol. The molecule has 0 aromatic heterocycles. The van der Waals surface area contributed by atoms with E-state index in [1.54, 1.807) is 20.2 Å². The van der Waals surface area contributed by atoms with Crippen LogP contribution in [0, 0.1) is 11.2 Å². The Hall–Kier alpha value is -1.62. The van der Waals surface area contributed by atoms with E-state index in [1.165, 1.54) is 12.1 Å². The number of methoxy groups -OCH3 is 1. The predicted molar refractivity (Wildman–Crippen MR) is 76.4 cm³/mol. The fourth-order valence-electron chi connectivity index (χ4n) is 2.73. The fraction of sp³-hybridized carbons (Fsp3) is 0.533. The van der Waals surface area contributed by atoms with E-state index in [-0.39, 0.29) is 29.2 Å². The highest BCUT2D eigenvalue weighted by Crippen LogP contribution is 2.42. The minimum absolute atomic E-state index is 0.0351. The van der Waals surface area contributed by atoms with Crippen molar-refractivity contribution >= 4 is 11.6 Å². The molecule has 1 aromatic carbocycles. The maximum absolute atomic E-state index is 13.7. The number of carbonyl (C=O) groups is 1. The topological polar surface area (TPSA) is 50.4 Å². The number of nitrogens with one attached hydrogen (secondary N) is 2. The van der Waals surface area contributed by atoms with E-state index >= 15 is 0 Å². The zero-order chi connectivity index (χ0) is 14.9. The number of carbonyl (C=O) groups excluding carboxylic acids is 1. The molecule has 0 heterocycles. The molecule has 0 bridgehead atoms. The van der Waals surface area contributed by atoms with Crippen LogP contribution in [0.15, 0.2) is 18.2 Å². The molecule has 1 amide bonds. The van der Waals surface area contributed by atoms with E-state index in [0.29, 0.717) is 5.56 Å². The second-order valence-corrected chi connectivity index (χ2v) is 5.72. The first-order valence-electron chi connectivity index (χ1n) is 6.71. The molecule has 20 heavy (non-hydrogen) atoms. The van der Waals surface area contributed by atoms with Gasteiger partial charge in [0, 0.05) is 25.6 Å². The number of halogens is 1. The second-order valence-electron chi connectivity index (χ2n) is 5.72. The van der Waals surface area contributed by atoms with Crippen LogP contribution in [0.25, 0.3) is 0 Å². The van der Waals surface area contributed by atoms with Gasteiger partial charge in [0.15, 0.2) is 0 Å². The molecule has 4 nitrogen and oxygen atoms in total. The SMILES string of the molecule is CNc1c(F)cccc1C(=O)NC1CC(OC)C1(C)C. The third-order valence-corrected chi connectivity index (χ3v) is 4.28. The molecule has 2 atom stereocenters. The molecule has 5 heteroatoms. The predicted octanol–water partition coefficient (Wildman–Crippen LogP) is 2.41. The number of para-hydroxylation sites is 1. The summed E-state index contributed by atoms with van der Waals surface area (Å²) in [7, 11) is 3.28. The summed E-state index contributed by atoms with van der Waals surface area (Å²) in [5.74, 6) is -0.690. The standard InChI is InChI=1S/C15H21FN2O2/c1-15(2)11(8-12(15)20-4)18-14(19)9-6-5-7-10(16)13(9)17-3/h5-7,11-12,17H,8H2,1-4H3,(H,18,19). The van der Waals surface area contributed by atoms with E-state index in [9.17, 15) is 9.18 Å². The summed E-state index contributed by atoms with van der Waals surface area (Å²) in [5.41, 5.74) is 0.437. The van der Waals surface area contributed by atoms with Gasteiger partial charge in [-0.3, -0.25) is 4.79 Å². The van der Waals surface area contributed by atoms with Crippen LogP contribution in [-0.2, 0) is 4.74 Å². The van der Waals surface area contributed by atoms with Gasteiger partial charge in [0.1, 0.15) is 5.82 Å². The van der Waals surface area contributed by atoms with Crippen LogP contribution in [0.3, 0.4) is 0 Å². The summed E-state index contributed by atoms with van der Waals surface area (Å²) in [4.78, 5) is 12.3. The van der Waals surface area contributed by atoms with Crippen LogP contribution in [0.2, 0.25) is 0 Å². The summed E-state index contributed by atoms with van der Waals surface area (Å²) in [6.45, 7) is 4.11. The van der Waals surface area contributed by atoms with Gasteiger partial charge in [-0.25, -0.2) is 4.39 Å². The molecule has 0 radical (unpaired) electrons. The van der Waals surface area contributed by atoms with E-state index in [1.807, 2.05) is 0 Å². The van der Waals surface area contributed by atoms with Crippen molar-refractivity contribution in [3.8, 4) is 0 Å². The molecule has 1 saturated carbocycles. The zero-order valence-electron chi connectivity index (χ0n) is 12.3. The number of hydrogen-bond acceptors (Lipinski definition) is 3. The highest BCUT2D eigenvalue weighted by molar-refractivity contribution is 6.00. The fourth-order valence-corrected chi connectivity index (χ4v) is 2.73. The molecule has 1 aliphatic rings. The molecular weight excluding hydrogens is 259 g/mol. The number of ether oxygens (including phenoxy) is 1. The van der Waals surface area contributed by atoms with E-state index < -0.39 is 5.82 Å². The summed E-state index contributed by atoms with van der Waals surface area (Å²) in [5, 5.41) is 5.70. The van der Waals surface area contributed by atoms with Crippen molar-refractivity contribution in [2.75, 3.05) is 19.5 Å². The Kier molecular flexibility index (Phi) is 3.99. The average Bonchev–Trinajstić information content (AvgIpc) is 2.42. The van der Waals surface area contributed by atoms with Crippen molar-refractivity contribution in [2.24, 2.45) is 5.41 Å². The van der Waals surface area contributed by atoms with Gasteiger partial charge in [-0.05, 0) is 18.6 Å². The molecule has 0 spiro atoms. The largest absolute Gasteiger partial charge is 0.385 e. The van der Waals surface area contributed by atoms with Crippen molar-refractivity contribution in [1.29, 1.82) is 0 Å². The van der Waals surface area contributed by atoms with Gasteiger partial charge in [0.05, 0.1) is 17.4 Å². The Morgan fingerprint density at radius 2 is 2.15 bits per heavy atom. The lowest BCUT2D eigenvalue weighted by Crippen LogP contribution is -2.61. The van der Waals surface area contributed by atoms with Crippen molar-refractivity contribution in [3.63, 3.8) is 0 Å². The van der Waals surface area contributed by atoms with Gasteiger partial charge in [-0.1, -0.05) is 19.9 Å². The summed E-state index contributed by atoms with van der Waals surface area (Å²) < 4.78 is 19.0. The van der Waals surface area contributed by atoms with Crippen LogP contribution in [0.4, 0.5) is 10.1 Å². The summed E-state index contributed by atoms with van der Waals surface area (Å²) in [6, 6.07) is 4.52. The van der Waals surface area contributed by atoms with Crippen molar-refractivity contribution < 1.29 is 13.9 Å². The third kappa shape index (κ3) is 2.38. The first kappa shape index (κ1) is 14.8. The van der Waals surface area contributed by atoms with Gasteiger partial charge in [0.2, 0.25) is 0 Å². The molecule has 0 aliphatic heterocycles. The lowest BCUT2D eigenvalue weighted by atomic mass is 9.64. The Balaban J connectivity index is 2.13. The Morgan fingerprint density at radius 1 is 1.45 bits per heavy atom. The quantitative estimate of drug-likeness (QED) is 0.890. The molecule has 1 fully saturated rings. The molecular formula is C15H21FN2O2. The molecule has 110 valence electrons. The Labute approximate surface area is 118 Å². The van der Waals surface area contributed by atoms with Crippen LogP contribution >= 0.6 is 0 Å². The maximum Gasteiger partial charge on any atom is 0.253 e. The van der Waals surface area contributed by atoms with Crippen LogP contribution in [0.1, 0.15) is 30.6 Å². The minimum atomic E-state index is -0.428. The molecule has 2 rings (SSSR count). The van der Waals surface area contributed by atoms with Gasteiger partial charge < -0.3 is 15.4 Å². The maximum atomic E-state index is 13.7. The normalized spacial score (nSPS) is 23.9. The summed E-state index contributed by atoms with van der Waals surface area (Å²) in [6.07, 6.45) is 0.920. The lowest BCUT2D eigenvalue weighted by Gasteiger charge is -2.51. The van der Waals surface area contributed by atoms with Crippen LogP contribution in [0.5, 0.6) is 0 Å². The smallest absolute Gasteiger partial charge is 0.253 e. The Morgan fingerprint density at radius 3 is 2.70 bits per heavy atom. The first-order chi connectivity index (χ1) is 9.41. The molecule has 1 aromatic rings. The molecule has 2 N–H and O–H groups in total. The van der Waals surface area contributed by atoms with E-state index in [0.717, 1.165) is 6.42 Å². The number of amides is 1. The molecule has 2 unspecified atom stereocenters. The Bertz CT molecular complexity index is 517. The van der Waals surface area contributed by atoms with Gasteiger partial charge in [-0.2, -0.15) is 0 Å². The second kappa shape index (κ2) is 5.40. The summed E-state index contributed by atoms with van der Waals surface area (Å²) >= 11 is 0. The monoisotopic (exact) mass is 280 g/mol. The highest BCUT2D eigenvalue weighted by Gasteiger charge is 2.49.